The molecule has 0 spiro atoms. The van der Waals surface area contributed by atoms with E-state index in [1.807, 2.05) is 30.3 Å². The minimum atomic E-state index is -4.48. The van der Waals surface area contributed by atoms with Gasteiger partial charge in [-0.3, -0.25) is 0 Å². The van der Waals surface area contributed by atoms with Crippen molar-refractivity contribution in [1.29, 1.82) is 0 Å². The number of hydrogen-bond acceptors (Lipinski definition) is 2. The molecule has 42 heavy (non-hydrogen) atoms. The molecule has 0 bridgehead atoms. The molecule has 4 aromatic carbocycles. The summed E-state index contributed by atoms with van der Waals surface area (Å²) in [6.45, 7) is 3.96. The maximum atomic E-state index is 13.5. The topological polar surface area (TPSA) is 6.48 Å². The summed E-state index contributed by atoms with van der Waals surface area (Å²) in [7, 11) is -1.48. The van der Waals surface area contributed by atoms with Gasteiger partial charge in [0.2, 0.25) is 0 Å². The summed E-state index contributed by atoms with van der Waals surface area (Å²) in [4.78, 5) is 4.96. The van der Waals surface area contributed by atoms with E-state index in [0.29, 0.717) is 10.6 Å². The third kappa shape index (κ3) is 5.89. The summed E-state index contributed by atoms with van der Waals surface area (Å²) in [5, 5.41) is 4.36. The van der Waals surface area contributed by atoms with E-state index in [2.05, 4.69) is 15.9 Å². The van der Waals surface area contributed by atoms with Gasteiger partial charge < -0.3 is 9.80 Å². The lowest BCUT2D eigenvalue weighted by Gasteiger charge is -2.34. The summed E-state index contributed by atoms with van der Waals surface area (Å²) < 4.78 is 80.8. The van der Waals surface area contributed by atoms with Gasteiger partial charge in [-0.05, 0) is 87.0 Å². The van der Waals surface area contributed by atoms with Gasteiger partial charge in [-0.15, -0.1) is 0 Å². The molecule has 220 valence electrons. The molecular formula is C33H31F6N2P. The van der Waals surface area contributed by atoms with Crippen LogP contribution in [0.4, 0.5) is 32.0 Å². The smallest absolute Gasteiger partial charge is 0.366 e. The molecule has 0 amide bonds. The van der Waals surface area contributed by atoms with Crippen molar-refractivity contribution in [2.75, 3.05) is 31.1 Å². The van der Waals surface area contributed by atoms with E-state index >= 15 is 0 Å². The van der Waals surface area contributed by atoms with Gasteiger partial charge in [0.05, 0.1) is 16.8 Å². The van der Waals surface area contributed by atoms with Gasteiger partial charge in [0.15, 0.2) is 0 Å². The van der Waals surface area contributed by atoms with Crippen LogP contribution in [0, 0.1) is 0 Å². The van der Waals surface area contributed by atoms with Crippen molar-refractivity contribution in [2.45, 2.75) is 44.1 Å². The maximum Gasteiger partial charge on any atom is 0.416 e. The number of halogens is 6. The van der Waals surface area contributed by atoms with Crippen molar-refractivity contribution in [3.8, 4) is 0 Å². The van der Waals surface area contributed by atoms with E-state index in [-0.39, 0.29) is 6.04 Å². The molecule has 2 saturated heterocycles. The van der Waals surface area contributed by atoms with E-state index in [9.17, 15) is 26.3 Å². The minimum Gasteiger partial charge on any atom is -0.366 e. The second kappa shape index (κ2) is 11.5. The highest BCUT2D eigenvalue weighted by atomic mass is 31.1. The SMILES string of the molecule is FC(F)(F)c1ccc(P(c2ccc(C(F)(F)F)cc2)c2ccc3ccccc3c2N2CCC[C@H]2CN2CCCC2)cc1. The fourth-order valence-corrected chi connectivity index (χ4v) is 8.77. The molecule has 0 saturated carbocycles. The summed E-state index contributed by atoms with van der Waals surface area (Å²) in [5.41, 5.74) is -0.462. The Balaban J connectivity index is 1.52. The predicted octanol–water partition coefficient (Wildman–Crippen LogP) is 7.70. The Bertz CT molecular complexity index is 1470. The average Bonchev–Trinajstić information content (AvgIpc) is 3.65. The maximum absolute atomic E-state index is 13.5. The van der Waals surface area contributed by atoms with Crippen LogP contribution in [-0.2, 0) is 12.4 Å². The van der Waals surface area contributed by atoms with Crippen LogP contribution in [0.25, 0.3) is 10.8 Å². The molecule has 2 aliphatic rings. The molecule has 2 nitrogen and oxygen atoms in total. The number of hydrogen-bond donors (Lipinski definition) is 0. The van der Waals surface area contributed by atoms with Crippen LogP contribution in [-0.4, -0.2) is 37.1 Å². The molecule has 0 N–H and O–H groups in total. The molecular weight excluding hydrogens is 569 g/mol. The van der Waals surface area contributed by atoms with E-state index < -0.39 is 31.4 Å². The van der Waals surface area contributed by atoms with Crippen molar-refractivity contribution in [3.05, 3.63) is 96.1 Å². The quantitative estimate of drug-likeness (QED) is 0.165. The van der Waals surface area contributed by atoms with Gasteiger partial charge in [-0.2, -0.15) is 26.3 Å². The standard InChI is InChI=1S/C33H31F6N2P/c34-32(35,36)24-10-14-27(15-11-24)42(28-16-12-25(13-17-28)33(37,38)39)30-18-9-23-6-1-2-8-29(23)31(30)41-21-5-7-26(41)22-40-19-3-4-20-40/h1-2,6,8-18,26H,3-5,7,19-22H2/t26-/m0/s1. The van der Waals surface area contributed by atoms with Crippen LogP contribution in [0.1, 0.15) is 36.8 Å². The molecule has 4 aromatic rings. The molecule has 6 rings (SSSR count). The zero-order valence-corrected chi connectivity index (χ0v) is 23.8. The van der Waals surface area contributed by atoms with Gasteiger partial charge >= 0.3 is 12.4 Å². The van der Waals surface area contributed by atoms with Crippen molar-refractivity contribution in [3.63, 3.8) is 0 Å². The fourth-order valence-electron chi connectivity index (χ4n) is 6.34. The molecule has 0 radical (unpaired) electrons. The molecule has 2 fully saturated rings. The first kappa shape index (κ1) is 29.0. The lowest BCUT2D eigenvalue weighted by Crippen LogP contribution is -2.41. The van der Waals surface area contributed by atoms with Crippen molar-refractivity contribution in [2.24, 2.45) is 0 Å². The van der Waals surface area contributed by atoms with Crippen molar-refractivity contribution >= 4 is 40.3 Å². The van der Waals surface area contributed by atoms with Gasteiger partial charge in [0, 0.05) is 29.8 Å². The molecule has 0 unspecified atom stereocenters. The number of rotatable bonds is 6. The van der Waals surface area contributed by atoms with Crippen LogP contribution in [0.2, 0.25) is 0 Å². The lowest BCUT2D eigenvalue weighted by molar-refractivity contribution is -0.138. The largest absolute Gasteiger partial charge is 0.416 e. The molecule has 2 aliphatic heterocycles. The predicted molar refractivity (Wildman–Crippen MR) is 159 cm³/mol. The van der Waals surface area contributed by atoms with E-state index in [4.69, 9.17) is 0 Å². The fraction of sp³-hybridized carbons (Fsp3) is 0.333. The number of fused-ring (bicyclic) bond motifs is 1. The third-order valence-electron chi connectivity index (χ3n) is 8.36. The van der Waals surface area contributed by atoms with E-state index in [1.54, 1.807) is 0 Å². The second-order valence-electron chi connectivity index (χ2n) is 11.1. The number of nitrogens with zero attached hydrogens (tertiary/aromatic N) is 2. The number of anilines is 1. The monoisotopic (exact) mass is 600 g/mol. The zero-order valence-electron chi connectivity index (χ0n) is 22.9. The van der Waals surface area contributed by atoms with Crippen LogP contribution in [0.3, 0.4) is 0 Å². The lowest BCUT2D eigenvalue weighted by atomic mass is 10.1. The Labute approximate surface area is 242 Å². The Morgan fingerprint density at radius 1 is 0.643 bits per heavy atom. The summed E-state index contributed by atoms with van der Waals surface area (Å²) >= 11 is 0. The first-order chi connectivity index (χ1) is 20.1. The molecule has 0 aromatic heterocycles. The zero-order chi connectivity index (χ0) is 29.5. The highest BCUT2D eigenvalue weighted by Gasteiger charge is 2.35. The van der Waals surface area contributed by atoms with E-state index in [0.717, 1.165) is 85.1 Å². The highest BCUT2D eigenvalue weighted by Crippen LogP contribution is 2.43. The number of alkyl halides is 6. The Morgan fingerprint density at radius 2 is 1.21 bits per heavy atom. The van der Waals surface area contributed by atoms with Gasteiger partial charge in [0.25, 0.3) is 0 Å². The first-order valence-corrected chi connectivity index (χ1v) is 15.6. The highest BCUT2D eigenvalue weighted by molar-refractivity contribution is 7.80. The summed E-state index contributed by atoms with van der Waals surface area (Å²) in [6, 6.07) is 22.6. The Hall–Kier alpha value is -3.09. The number of benzene rings is 4. The van der Waals surface area contributed by atoms with Gasteiger partial charge in [0.1, 0.15) is 0 Å². The normalized spacial score (nSPS) is 18.5. The third-order valence-corrected chi connectivity index (χ3v) is 10.8. The Morgan fingerprint density at radius 3 is 1.79 bits per heavy atom. The average molecular weight is 601 g/mol. The van der Waals surface area contributed by atoms with Crippen molar-refractivity contribution < 1.29 is 26.3 Å². The van der Waals surface area contributed by atoms with Crippen LogP contribution in [0.15, 0.2) is 84.9 Å². The second-order valence-corrected chi connectivity index (χ2v) is 13.3. The van der Waals surface area contributed by atoms with Crippen LogP contribution >= 0.6 is 7.92 Å². The molecule has 2 heterocycles. The summed E-state index contributed by atoms with van der Waals surface area (Å²) in [5.74, 6) is 0. The molecule has 0 aliphatic carbocycles. The van der Waals surface area contributed by atoms with Gasteiger partial charge in [-0.1, -0.05) is 60.7 Å². The minimum absolute atomic E-state index is 0.282. The van der Waals surface area contributed by atoms with Gasteiger partial charge in [-0.25, -0.2) is 0 Å². The first-order valence-electron chi connectivity index (χ1n) is 14.2. The van der Waals surface area contributed by atoms with Crippen LogP contribution in [0.5, 0.6) is 0 Å². The summed E-state index contributed by atoms with van der Waals surface area (Å²) in [6.07, 6.45) is -4.51. The van der Waals surface area contributed by atoms with Crippen molar-refractivity contribution in [1.82, 2.24) is 4.90 Å². The molecule has 9 heteroatoms. The Kier molecular flexibility index (Phi) is 7.97. The van der Waals surface area contributed by atoms with E-state index in [1.165, 1.54) is 37.1 Å². The molecule has 1 atom stereocenters. The van der Waals surface area contributed by atoms with Crippen LogP contribution < -0.4 is 20.8 Å². The number of likely N-dealkylation sites (tertiary alicyclic amines) is 1.